The lowest BCUT2D eigenvalue weighted by Gasteiger charge is -2.12. The zero-order chi connectivity index (χ0) is 19.6. The van der Waals surface area contributed by atoms with Crippen molar-refractivity contribution in [2.45, 2.75) is 24.8 Å². The van der Waals surface area contributed by atoms with Crippen molar-refractivity contribution in [2.75, 3.05) is 5.75 Å². The minimum atomic E-state index is -0.388. The second-order valence-corrected chi connectivity index (χ2v) is 7.58. The van der Waals surface area contributed by atoms with Crippen LogP contribution in [0.4, 0.5) is 0 Å². The van der Waals surface area contributed by atoms with Crippen LogP contribution in [0.3, 0.4) is 0 Å². The maximum absolute atomic E-state index is 12.7. The summed E-state index contributed by atoms with van der Waals surface area (Å²) < 4.78 is 2.51. The number of aryl methyl sites for hydroxylation is 1. The number of thioether (sulfide) groups is 1. The van der Waals surface area contributed by atoms with Crippen molar-refractivity contribution in [1.29, 1.82) is 0 Å². The Morgan fingerprint density at radius 2 is 1.78 bits per heavy atom. The van der Waals surface area contributed by atoms with Crippen LogP contribution in [-0.4, -0.2) is 24.9 Å². The van der Waals surface area contributed by atoms with Gasteiger partial charge in [-0.1, -0.05) is 56.3 Å². The summed E-state index contributed by atoms with van der Waals surface area (Å²) >= 11 is 1.47. The van der Waals surface area contributed by atoms with Crippen molar-refractivity contribution < 1.29 is 0 Å². The van der Waals surface area contributed by atoms with Gasteiger partial charge in [0.05, 0.1) is 0 Å². The molecule has 2 aromatic heterocycles. The molecule has 0 saturated carbocycles. The van der Waals surface area contributed by atoms with Crippen LogP contribution in [0.25, 0.3) is 17.1 Å². The van der Waals surface area contributed by atoms with Crippen LogP contribution < -0.4 is 11.2 Å². The second kappa shape index (κ2) is 7.92. The highest BCUT2D eigenvalue weighted by atomic mass is 32.2. The molecule has 2 heterocycles. The van der Waals surface area contributed by atoms with Gasteiger partial charge in [0.25, 0.3) is 5.56 Å². The summed E-state index contributed by atoms with van der Waals surface area (Å²) in [5.41, 5.74) is 0.752. The minimum absolute atomic E-state index is 0.0905. The molecule has 0 aliphatic heterocycles. The Morgan fingerprint density at radius 1 is 1.07 bits per heavy atom. The molecule has 0 bridgehead atoms. The van der Waals surface area contributed by atoms with E-state index in [0.29, 0.717) is 27.6 Å². The highest BCUT2D eigenvalue weighted by Crippen LogP contribution is 2.24. The topological polar surface area (TPSA) is 69.8 Å². The molecule has 0 atom stereocenters. The van der Waals surface area contributed by atoms with Crippen molar-refractivity contribution in [3.8, 4) is 0 Å². The van der Waals surface area contributed by atoms with Crippen LogP contribution in [0.5, 0.6) is 0 Å². The Kier molecular flexibility index (Phi) is 5.60. The average molecular weight is 382 g/mol. The van der Waals surface area contributed by atoms with E-state index in [1.165, 1.54) is 23.4 Å². The Bertz CT molecular complexity index is 1110. The van der Waals surface area contributed by atoms with E-state index in [-0.39, 0.29) is 17.2 Å². The summed E-state index contributed by atoms with van der Waals surface area (Å²) in [7, 11) is 3.11. The third kappa shape index (κ3) is 3.88. The smallest absolute Gasteiger partial charge is 0.280 e. The van der Waals surface area contributed by atoms with Crippen molar-refractivity contribution in [3.05, 3.63) is 68.6 Å². The first-order valence-electron chi connectivity index (χ1n) is 8.72. The summed E-state index contributed by atoms with van der Waals surface area (Å²) in [5.74, 6) is 1.37. The Hall–Kier alpha value is -2.67. The fourth-order valence-corrected chi connectivity index (χ4v) is 3.51. The van der Waals surface area contributed by atoms with Crippen molar-refractivity contribution in [1.82, 2.24) is 19.1 Å². The Morgan fingerprint density at radius 3 is 2.44 bits per heavy atom. The number of hydrogen-bond acceptors (Lipinski definition) is 5. The molecule has 0 unspecified atom stereocenters. The van der Waals surface area contributed by atoms with Crippen LogP contribution in [0.15, 0.2) is 51.0 Å². The lowest BCUT2D eigenvalue weighted by molar-refractivity contribution is 0.689. The van der Waals surface area contributed by atoms with Crippen LogP contribution >= 0.6 is 11.8 Å². The molecule has 0 saturated heterocycles. The number of benzene rings is 1. The molecule has 7 heteroatoms. The summed E-state index contributed by atoms with van der Waals surface area (Å²) in [5, 5.41) is 1.000. The van der Waals surface area contributed by atoms with Gasteiger partial charge in [0.2, 0.25) is 0 Å². The van der Waals surface area contributed by atoms with E-state index in [4.69, 9.17) is 0 Å². The molecule has 140 valence electrons. The van der Waals surface area contributed by atoms with Gasteiger partial charge >= 0.3 is 5.69 Å². The van der Waals surface area contributed by atoms with Crippen molar-refractivity contribution in [2.24, 2.45) is 14.1 Å². The molecule has 3 aromatic rings. The molecule has 0 N–H and O–H groups in total. The maximum atomic E-state index is 12.7. The van der Waals surface area contributed by atoms with Crippen molar-refractivity contribution >= 4 is 28.9 Å². The van der Waals surface area contributed by atoms with Gasteiger partial charge in [0, 0.05) is 25.8 Å². The van der Waals surface area contributed by atoms with Gasteiger partial charge in [-0.15, -0.1) is 11.8 Å². The number of rotatable bonds is 5. The maximum Gasteiger partial charge on any atom is 0.332 e. The van der Waals surface area contributed by atoms with Gasteiger partial charge in [-0.25, -0.2) is 14.8 Å². The van der Waals surface area contributed by atoms with E-state index in [2.05, 4.69) is 9.97 Å². The van der Waals surface area contributed by atoms with Crippen LogP contribution in [-0.2, 0) is 14.1 Å². The van der Waals surface area contributed by atoms with E-state index < -0.39 is 0 Å². The summed E-state index contributed by atoms with van der Waals surface area (Å²) in [6, 6.07) is 10.0. The third-order valence-electron chi connectivity index (χ3n) is 4.23. The second-order valence-electron chi connectivity index (χ2n) is 6.57. The molecule has 27 heavy (non-hydrogen) atoms. The SMILES string of the molecule is CC(C)c1nc(SC/C=C/c2ccccc2)c2c(=O)n(C)c(=O)n(C)c2n1. The molecule has 6 nitrogen and oxygen atoms in total. The Labute approximate surface area is 161 Å². The van der Waals surface area contributed by atoms with E-state index in [9.17, 15) is 9.59 Å². The normalized spacial score (nSPS) is 11.7. The molecule has 3 rings (SSSR count). The number of aromatic nitrogens is 4. The molecular formula is C20H22N4O2S. The summed E-state index contributed by atoms with van der Waals surface area (Å²) in [6.07, 6.45) is 4.07. The highest BCUT2D eigenvalue weighted by Gasteiger charge is 2.18. The molecule has 0 radical (unpaired) electrons. The predicted molar refractivity (Wildman–Crippen MR) is 110 cm³/mol. The molecule has 1 aromatic carbocycles. The average Bonchev–Trinajstić information content (AvgIpc) is 2.68. The van der Waals surface area contributed by atoms with Crippen LogP contribution in [0, 0.1) is 0 Å². The standard InChI is InChI=1S/C20H22N4O2S/c1-13(2)16-21-17-15(19(25)24(4)20(26)23(17)3)18(22-16)27-12-8-11-14-9-6-5-7-10-14/h5-11,13H,12H2,1-4H3/b11-8+. The minimum Gasteiger partial charge on any atom is -0.280 e. The Balaban J connectivity index is 2.04. The van der Waals surface area contributed by atoms with Gasteiger partial charge in [-0.05, 0) is 5.56 Å². The predicted octanol–water partition coefficient (Wildman–Crippen LogP) is 2.96. The monoisotopic (exact) mass is 382 g/mol. The fourth-order valence-electron chi connectivity index (χ4n) is 2.68. The quantitative estimate of drug-likeness (QED) is 0.501. The summed E-state index contributed by atoms with van der Waals surface area (Å²) in [6.45, 7) is 3.98. The van der Waals surface area contributed by atoms with Gasteiger partial charge in [0.1, 0.15) is 16.2 Å². The summed E-state index contributed by atoms with van der Waals surface area (Å²) in [4.78, 5) is 34.0. The van der Waals surface area contributed by atoms with E-state index in [0.717, 1.165) is 10.1 Å². The van der Waals surface area contributed by atoms with Gasteiger partial charge in [-0.2, -0.15) is 0 Å². The number of fused-ring (bicyclic) bond motifs is 1. The van der Waals surface area contributed by atoms with Gasteiger partial charge < -0.3 is 0 Å². The molecule has 0 aliphatic rings. The number of hydrogen-bond donors (Lipinski definition) is 0. The first-order chi connectivity index (χ1) is 12.9. The van der Waals surface area contributed by atoms with Crippen LogP contribution in [0.2, 0.25) is 0 Å². The molecule has 0 aliphatic carbocycles. The van der Waals surface area contributed by atoms with E-state index >= 15 is 0 Å². The van der Waals surface area contributed by atoms with E-state index in [1.807, 2.05) is 56.3 Å². The number of nitrogens with zero attached hydrogens (tertiary/aromatic N) is 4. The molecule has 0 amide bonds. The first-order valence-corrected chi connectivity index (χ1v) is 9.70. The van der Waals surface area contributed by atoms with E-state index in [1.54, 1.807) is 7.05 Å². The lowest BCUT2D eigenvalue weighted by Crippen LogP contribution is -2.38. The zero-order valence-corrected chi connectivity index (χ0v) is 16.7. The van der Waals surface area contributed by atoms with Gasteiger partial charge in [0.15, 0.2) is 5.65 Å². The first kappa shape index (κ1) is 19.1. The third-order valence-corrected chi connectivity index (χ3v) is 5.15. The molecular weight excluding hydrogens is 360 g/mol. The highest BCUT2D eigenvalue weighted by molar-refractivity contribution is 7.99. The zero-order valence-electron chi connectivity index (χ0n) is 15.8. The van der Waals surface area contributed by atoms with Gasteiger partial charge in [-0.3, -0.25) is 13.9 Å². The fraction of sp³-hybridized carbons (Fsp3) is 0.300. The van der Waals surface area contributed by atoms with Crippen molar-refractivity contribution in [3.63, 3.8) is 0 Å². The lowest BCUT2D eigenvalue weighted by atomic mass is 10.2. The van der Waals surface area contributed by atoms with Crippen LogP contribution in [0.1, 0.15) is 31.2 Å². The molecule has 0 fully saturated rings. The largest absolute Gasteiger partial charge is 0.332 e. The molecule has 0 spiro atoms.